The van der Waals surface area contributed by atoms with Crippen molar-refractivity contribution in [3.8, 4) is 0 Å². The normalized spacial score (nSPS) is 20.1. The first-order chi connectivity index (χ1) is 11.0. The van der Waals surface area contributed by atoms with E-state index < -0.39 is 0 Å². The molecule has 120 valence electrons. The molecule has 0 spiro atoms. The van der Waals surface area contributed by atoms with Crippen molar-refractivity contribution < 1.29 is 4.79 Å². The van der Waals surface area contributed by atoms with Gasteiger partial charge in [-0.1, -0.05) is 47.5 Å². The van der Waals surface area contributed by atoms with Crippen LogP contribution >= 0.6 is 23.2 Å². The molecule has 0 aromatic heterocycles. The summed E-state index contributed by atoms with van der Waals surface area (Å²) in [4.78, 5) is 11.1. The molecule has 0 radical (unpaired) electrons. The molecule has 3 rings (SSSR count). The van der Waals surface area contributed by atoms with Gasteiger partial charge in [-0.15, -0.1) is 0 Å². The molecule has 0 bridgehead atoms. The molecule has 0 saturated carbocycles. The molecule has 4 N–H and O–H groups in total. The van der Waals surface area contributed by atoms with Crippen LogP contribution in [0.25, 0.3) is 0 Å². The number of hydrogen-bond donors (Lipinski definition) is 2. The molecule has 2 aromatic rings. The monoisotopic (exact) mass is 348 g/mol. The number of fused-ring (bicyclic) bond motifs is 1. The minimum Gasteiger partial charge on any atom is -0.369 e. The lowest BCUT2D eigenvalue weighted by molar-refractivity contribution is -0.117. The van der Waals surface area contributed by atoms with Crippen molar-refractivity contribution in [1.82, 2.24) is 0 Å². The minimum absolute atomic E-state index is 0.0168. The maximum Gasteiger partial charge on any atom is 0.221 e. The van der Waals surface area contributed by atoms with Crippen LogP contribution in [-0.4, -0.2) is 5.91 Å². The van der Waals surface area contributed by atoms with Gasteiger partial charge < -0.3 is 11.5 Å². The van der Waals surface area contributed by atoms with Gasteiger partial charge in [0.15, 0.2) is 0 Å². The van der Waals surface area contributed by atoms with Crippen LogP contribution in [0.15, 0.2) is 36.4 Å². The van der Waals surface area contributed by atoms with E-state index >= 15 is 0 Å². The molecule has 3 nitrogen and oxygen atoms in total. The number of hydrogen-bond acceptors (Lipinski definition) is 2. The third kappa shape index (κ3) is 3.37. The molecule has 5 heteroatoms. The van der Waals surface area contributed by atoms with Gasteiger partial charge in [0.05, 0.1) is 16.5 Å². The molecule has 0 fully saturated rings. The van der Waals surface area contributed by atoms with E-state index in [-0.39, 0.29) is 24.3 Å². The average molecular weight is 349 g/mol. The van der Waals surface area contributed by atoms with E-state index in [0.717, 1.165) is 29.5 Å². The summed E-state index contributed by atoms with van der Waals surface area (Å²) in [5.74, 6) is -0.0995. The zero-order chi connectivity index (χ0) is 16.6. The van der Waals surface area contributed by atoms with Crippen LogP contribution in [0.4, 0.5) is 0 Å². The topological polar surface area (TPSA) is 69.1 Å². The summed E-state index contributed by atoms with van der Waals surface area (Å²) in [6, 6.07) is 11.8. The fraction of sp³-hybridized carbons (Fsp3) is 0.278. The Hall–Kier alpha value is -1.55. The SMILES string of the molecule is NC(=O)Cc1ccc2c(c1)C(N)CC[C@H]2c1ccc(Cl)c(Cl)c1. The predicted octanol–water partition coefficient (Wildman–Crippen LogP) is 3.95. The summed E-state index contributed by atoms with van der Waals surface area (Å²) in [5, 5.41) is 1.12. The van der Waals surface area contributed by atoms with Crippen LogP contribution in [0.3, 0.4) is 0 Å². The van der Waals surface area contributed by atoms with Gasteiger partial charge in [0.25, 0.3) is 0 Å². The highest BCUT2D eigenvalue weighted by atomic mass is 35.5. The molecule has 1 aliphatic rings. The van der Waals surface area contributed by atoms with Crippen molar-refractivity contribution in [2.45, 2.75) is 31.2 Å². The summed E-state index contributed by atoms with van der Waals surface area (Å²) >= 11 is 12.2. The quantitative estimate of drug-likeness (QED) is 0.881. The Balaban J connectivity index is 2.01. The minimum atomic E-state index is -0.338. The Morgan fingerprint density at radius 1 is 1.04 bits per heavy atom. The van der Waals surface area contributed by atoms with Gasteiger partial charge in [0.1, 0.15) is 0 Å². The van der Waals surface area contributed by atoms with Gasteiger partial charge in [0.2, 0.25) is 5.91 Å². The van der Waals surface area contributed by atoms with Crippen molar-refractivity contribution in [3.63, 3.8) is 0 Å². The van der Waals surface area contributed by atoms with Gasteiger partial charge >= 0.3 is 0 Å². The molecule has 0 saturated heterocycles. The molecular weight excluding hydrogens is 331 g/mol. The van der Waals surface area contributed by atoms with Crippen LogP contribution in [0.5, 0.6) is 0 Å². The summed E-state index contributed by atoms with van der Waals surface area (Å²) in [5.41, 5.74) is 15.9. The van der Waals surface area contributed by atoms with Crippen molar-refractivity contribution in [3.05, 3.63) is 68.7 Å². The summed E-state index contributed by atoms with van der Waals surface area (Å²) < 4.78 is 0. The number of carbonyl (C=O) groups excluding carboxylic acids is 1. The second kappa shape index (κ2) is 6.52. The number of carbonyl (C=O) groups is 1. The first-order valence-corrected chi connectivity index (χ1v) is 8.33. The largest absolute Gasteiger partial charge is 0.369 e. The molecule has 1 unspecified atom stereocenters. The molecule has 0 aliphatic heterocycles. The van der Waals surface area contributed by atoms with E-state index in [4.69, 9.17) is 34.7 Å². The highest BCUT2D eigenvalue weighted by Crippen LogP contribution is 2.41. The lowest BCUT2D eigenvalue weighted by atomic mass is 9.76. The number of amides is 1. The van der Waals surface area contributed by atoms with Crippen molar-refractivity contribution in [2.24, 2.45) is 11.5 Å². The number of benzene rings is 2. The molecule has 2 atom stereocenters. The van der Waals surface area contributed by atoms with E-state index in [1.165, 1.54) is 5.56 Å². The van der Waals surface area contributed by atoms with Crippen molar-refractivity contribution in [2.75, 3.05) is 0 Å². The van der Waals surface area contributed by atoms with Crippen molar-refractivity contribution >= 4 is 29.1 Å². The van der Waals surface area contributed by atoms with E-state index in [2.05, 4.69) is 6.07 Å². The highest BCUT2D eigenvalue weighted by molar-refractivity contribution is 6.42. The standard InChI is InChI=1S/C18H18Cl2N2O/c19-15-5-2-11(9-16(15)20)12-4-6-17(21)14-7-10(8-18(22)23)1-3-13(12)14/h1-3,5,7,9,12,17H,4,6,8,21H2,(H2,22,23)/t12-,17?/m0/s1. The van der Waals surface area contributed by atoms with Gasteiger partial charge in [-0.25, -0.2) is 0 Å². The lowest BCUT2D eigenvalue weighted by Gasteiger charge is -2.30. The number of primary amides is 1. The zero-order valence-corrected chi connectivity index (χ0v) is 14.1. The van der Waals surface area contributed by atoms with Crippen LogP contribution in [-0.2, 0) is 11.2 Å². The smallest absolute Gasteiger partial charge is 0.221 e. The summed E-state index contributed by atoms with van der Waals surface area (Å²) in [6.45, 7) is 0. The Kier molecular flexibility index (Phi) is 4.62. The third-order valence-corrected chi connectivity index (χ3v) is 5.16. The first-order valence-electron chi connectivity index (χ1n) is 7.57. The van der Waals surface area contributed by atoms with Crippen LogP contribution < -0.4 is 11.5 Å². The Bertz CT molecular complexity index is 761. The van der Waals surface area contributed by atoms with Gasteiger partial charge in [-0.2, -0.15) is 0 Å². The predicted molar refractivity (Wildman–Crippen MR) is 93.8 cm³/mol. The Labute approximate surface area is 145 Å². The molecule has 2 aromatic carbocycles. The molecule has 1 aliphatic carbocycles. The Morgan fingerprint density at radius 2 is 1.83 bits per heavy atom. The number of rotatable bonds is 3. The van der Waals surface area contributed by atoms with E-state index in [9.17, 15) is 4.79 Å². The number of halogens is 2. The Morgan fingerprint density at radius 3 is 2.52 bits per heavy atom. The van der Waals surface area contributed by atoms with E-state index in [0.29, 0.717) is 10.0 Å². The molecule has 0 heterocycles. The van der Waals surface area contributed by atoms with Crippen molar-refractivity contribution in [1.29, 1.82) is 0 Å². The van der Waals surface area contributed by atoms with Crippen LogP contribution in [0.1, 0.15) is 47.1 Å². The first kappa shape index (κ1) is 16.3. The molecule has 23 heavy (non-hydrogen) atoms. The second-order valence-corrected chi connectivity index (χ2v) is 6.83. The number of nitrogens with two attached hydrogens (primary N) is 2. The van der Waals surface area contributed by atoms with E-state index in [1.54, 1.807) is 0 Å². The summed E-state index contributed by atoms with van der Waals surface area (Å²) in [6.07, 6.45) is 2.08. The highest BCUT2D eigenvalue weighted by Gasteiger charge is 2.27. The maximum absolute atomic E-state index is 11.1. The van der Waals surface area contributed by atoms with Gasteiger partial charge in [0, 0.05) is 12.0 Å². The average Bonchev–Trinajstić information content (AvgIpc) is 2.50. The third-order valence-electron chi connectivity index (χ3n) is 4.42. The van der Waals surface area contributed by atoms with Gasteiger partial charge in [-0.05, 0) is 47.2 Å². The molecule has 1 amide bonds. The fourth-order valence-electron chi connectivity index (χ4n) is 3.31. The summed E-state index contributed by atoms with van der Waals surface area (Å²) in [7, 11) is 0. The fourth-order valence-corrected chi connectivity index (χ4v) is 3.61. The molecular formula is C18H18Cl2N2O. The van der Waals surface area contributed by atoms with Crippen LogP contribution in [0, 0.1) is 0 Å². The zero-order valence-electron chi connectivity index (χ0n) is 12.6. The van der Waals surface area contributed by atoms with Gasteiger partial charge in [-0.3, -0.25) is 4.79 Å². The van der Waals surface area contributed by atoms with Crippen LogP contribution in [0.2, 0.25) is 10.0 Å². The second-order valence-electron chi connectivity index (χ2n) is 6.02. The lowest BCUT2D eigenvalue weighted by Crippen LogP contribution is -2.22. The maximum atomic E-state index is 11.1. The van der Waals surface area contributed by atoms with E-state index in [1.807, 2.05) is 30.3 Å².